The van der Waals surface area contributed by atoms with Crippen molar-refractivity contribution in [2.45, 2.75) is 0 Å². The van der Waals surface area contributed by atoms with E-state index in [-0.39, 0.29) is 17.1 Å². The minimum atomic E-state index is -4.01. The molecule has 0 atom stereocenters. The molecule has 0 fully saturated rings. The molecule has 0 saturated heterocycles. The van der Waals surface area contributed by atoms with Gasteiger partial charge in [-0.15, -0.1) is 0 Å². The molecule has 0 aliphatic rings. The molecule has 0 bridgehead atoms. The van der Waals surface area contributed by atoms with Crippen LogP contribution in [0.15, 0.2) is 18.2 Å². The highest BCUT2D eigenvalue weighted by Gasteiger charge is 2.09. The molecule has 6 N–H and O–H groups in total. The summed E-state index contributed by atoms with van der Waals surface area (Å²) in [6.07, 6.45) is 0. The molecule has 0 aliphatic heterocycles. The van der Waals surface area contributed by atoms with E-state index in [1.54, 1.807) is 4.72 Å². The van der Waals surface area contributed by atoms with Crippen LogP contribution in [-0.4, -0.2) is 14.3 Å². The average molecular weight is 232 g/mol. The van der Waals surface area contributed by atoms with Crippen LogP contribution in [0.5, 0.6) is 0 Å². The zero-order valence-electron chi connectivity index (χ0n) is 7.49. The Morgan fingerprint density at radius 1 is 1.47 bits per heavy atom. The monoisotopic (exact) mass is 232 g/mol. The van der Waals surface area contributed by atoms with E-state index in [0.29, 0.717) is 0 Å². The SMILES string of the molecule is N=C(N)c1ccc(NS(N)(=O)=O)c(F)c1. The molecule has 8 heteroatoms. The number of rotatable bonds is 3. The molecule has 0 spiro atoms. The van der Waals surface area contributed by atoms with Crippen LogP contribution in [0.2, 0.25) is 0 Å². The van der Waals surface area contributed by atoms with Gasteiger partial charge in [-0.3, -0.25) is 10.1 Å². The Bertz CT molecular complexity index is 500. The second kappa shape index (κ2) is 3.83. The van der Waals surface area contributed by atoms with Gasteiger partial charge < -0.3 is 5.73 Å². The smallest absolute Gasteiger partial charge is 0.296 e. The second-order valence-corrected chi connectivity index (χ2v) is 4.05. The quantitative estimate of drug-likeness (QED) is 0.423. The number of halogens is 1. The Morgan fingerprint density at radius 2 is 2.07 bits per heavy atom. The van der Waals surface area contributed by atoms with Crippen molar-refractivity contribution in [3.05, 3.63) is 29.6 Å². The third-order valence-corrected chi connectivity index (χ3v) is 2.04. The Balaban J connectivity index is 3.09. The van der Waals surface area contributed by atoms with E-state index >= 15 is 0 Å². The molecule has 0 heterocycles. The third-order valence-electron chi connectivity index (χ3n) is 1.53. The average Bonchev–Trinajstić information content (AvgIpc) is 2.05. The van der Waals surface area contributed by atoms with Gasteiger partial charge in [-0.1, -0.05) is 0 Å². The van der Waals surface area contributed by atoms with Crippen molar-refractivity contribution < 1.29 is 12.8 Å². The maximum absolute atomic E-state index is 13.2. The van der Waals surface area contributed by atoms with E-state index in [9.17, 15) is 12.8 Å². The summed E-state index contributed by atoms with van der Waals surface area (Å²) in [5.74, 6) is -1.16. The van der Waals surface area contributed by atoms with Crippen molar-refractivity contribution >= 4 is 21.7 Å². The molecule has 1 aromatic carbocycles. The third kappa shape index (κ3) is 3.18. The second-order valence-electron chi connectivity index (χ2n) is 2.76. The van der Waals surface area contributed by atoms with Gasteiger partial charge in [-0.25, -0.2) is 9.53 Å². The fourth-order valence-corrected chi connectivity index (χ4v) is 1.39. The van der Waals surface area contributed by atoms with Gasteiger partial charge in [-0.05, 0) is 18.2 Å². The Morgan fingerprint density at radius 3 is 2.47 bits per heavy atom. The summed E-state index contributed by atoms with van der Waals surface area (Å²) in [4.78, 5) is 0. The van der Waals surface area contributed by atoms with Gasteiger partial charge in [-0.2, -0.15) is 8.42 Å². The zero-order valence-corrected chi connectivity index (χ0v) is 8.31. The van der Waals surface area contributed by atoms with Gasteiger partial charge in [0.25, 0.3) is 10.2 Å². The molecule has 1 rings (SSSR count). The molecule has 0 aromatic heterocycles. The minimum absolute atomic E-state index is 0.160. The van der Waals surface area contributed by atoms with Crippen LogP contribution < -0.4 is 15.6 Å². The summed E-state index contributed by atoms with van der Waals surface area (Å²) in [6, 6.07) is 3.38. The molecule has 6 nitrogen and oxygen atoms in total. The standard InChI is InChI=1S/C7H9FN4O2S/c8-5-3-4(7(9)10)1-2-6(5)12-15(11,13)14/h1-3,12H,(H3,9,10)(H2,11,13,14). The molecule has 15 heavy (non-hydrogen) atoms. The summed E-state index contributed by atoms with van der Waals surface area (Å²) >= 11 is 0. The number of nitrogens with two attached hydrogens (primary N) is 2. The van der Waals surface area contributed by atoms with E-state index in [4.69, 9.17) is 11.1 Å². The number of benzene rings is 1. The summed E-state index contributed by atoms with van der Waals surface area (Å²) in [5.41, 5.74) is 4.98. The molecular formula is C7H9FN4O2S. The van der Waals surface area contributed by atoms with Crippen molar-refractivity contribution in [3.8, 4) is 0 Å². The van der Waals surface area contributed by atoms with Crippen LogP contribution in [0.3, 0.4) is 0 Å². The van der Waals surface area contributed by atoms with Crippen LogP contribution in [0, 0.1) is 11.2 Å². The van der Waals surface area contributed by atoms with E-state index in [0.717, 1.165) is 12.1 Å². The van der Waals surface area contributed by atoms with Gasteiger partial charge in [0.2, 0.25) is 0 Å². The van der Waals surface area contributed by atoms with Crippen molar-refractivity contribution in [2.24, 2.45) is 10.9 Å². The van der Waals surface area contributed by atoms with Crippen molar-refractivity contribution in [1.82, 2.24) is 0 Å². The highest BCUT2D eigenvalue weighted by atomic mass is 32.2. The molecule has 82 valence electrons. The Kier molecular flexibility index (Phi) is 2.91. The molecule has 0 amide bonds. The number of hydrogen-bond acceptors (Lipinski definition) is 3. The number of amidine groups is 1. The Labute approximate surface area is 85.8 Å². The van der Waals surface area contributed by atoms with Crippen LogP contribution >= 0.6 is 0 Å². The first-order chi connectivity index (χ1) is 6.79. The first-order valence-corrected chi connectivity index (χ1v) is 5.29. The molecule has 1 aromatic rings. The van der Waals surface area contributed by atoms with Gasteiger partial charge in [0.1, 0.15) is 11.7 Å². The van der Waals surface area contributed by atoms with Gasteiger partial charge in [0.15, 0.2) is 0 Å². The van der Waals surface area contributed by atoms with Crippen molar-refractivity contribution in [2.75, 3.05) is 4.72 Å². The number of hydrogen-bond donors (Lipinski definition) is 4. The van der Waals surface area contributed by atoms with Crippen LogP contribution in [0.1, 0.15) is 5.56 Å². The summed E-state index contributed by atoms with van der Waals surface area (Å²) in [6.45, 7) is 0. The summed E-state index contributed by atoms with van der Waals surface area (Å²) in [5, 5.41) is 11.7. The Hall–Kier alpha value is -1.67. The summed E-state index contributed by atoms with van der Waals surface area (Å²) in [7, 11) is -4.01. The number of anilines is 1. The molecule has 0 radical (unpaired) electrons. The first kappa shape index (κ1) is 11.4. The van der Waals surface area contributed by atoms with Crippen LogP contribution in [-0.2, 0) is 10.2 Å². The molecule has 0 aliphatic carbocycles. The lowest BCUT2D eigenvalue weighted by Crippen LogP contribution is -2.22. The highest BCUT2D eigenvalue weighted by molar-refractivity contribution is 7.90. The lowest BCUT2D eigenvalue weighted by atomic mass is 10.2. The van der Waals surface area contributed by atoms with Crippen LogP contribution in [0.4, 0.5) is 10.1 Å². The maximum atomic E-state index is 13.2. The minimum Gasteiger partial charge on any atom is -0.384 e. The summed E-state index contributed by atoms with van der Waals surface area (Å²) < 4.78 is 36.2. The number of nitrogen functional groups attached to an aromatic ring is 1. The first-order valence-electron chi connectivity index (χ1n) is 3.74. The van der Waals surface area contributed by atoms with E-state index in [1.807, 2.05) is 0 Å². The molecule has 0 saturated carbocycles. The molecule has 0 unspecified atom stereocenters. The predicted molar refractivity (Wildman–Crippen MR) is 54.1 cm³/mol. The normalized spacial score (nSPS) is 11.1. The highest BCUT2D eigenvalue weighted by Crippen LogP contribution is 2.15. The van der Waals surface area contributed by atoms with Crippen molar-refractivity contribution in [1.29, 1.82) is 5.41 Å². The van der Waals surface area contributed by atoms with Gasteiger partial charge in [0.05, 0.1) is 5.69 Å². The topological polar surface area (TPSA) is 122 Å². The molecular weight excluding hydrogens is 223 g/mol. The lowest BCUT2D eigenvalue weighted by molar-refractivity contribution is 0.600. The fourth-order valence-electron chi connectivity index (χ4n) is 0.919. The van der Waals surface area contributed by atoms with Gasteiger partial charge in [0, 0.05) is 5.56 Å². The largest absolute Gasteiger partial charge is 0.384 e. The van der Waals surface area contributed by atoms with E-state index in [2.05, 4.69) is 5.14 Å². The van der Waals surface area contributed by atoms with E-state index < -0.39 is 16.0 Å². The lowest BCUT2D eigenvalue weighted by Gasteiger charge is -2.06. The van der Waals surface area contributed by atoms with Crippen LogP contribution in [0.25, 0.3) is 0 Å². The van der Waals surface area contributed by atoms with Crippen molar-refractivity contribution in [3.63, 3.8) is 0 Å². The number of nitrogens with one attached hydrogen (secondary N) is 2. The fraction of sp³-hybridized carbons (Fsp3) is 0. The maximum Gasteiger partial charge on any atom is 0.296 e. The zero-order chi connectivity index (χ0) is 11.6. The van der Waals surface area contributed by atoms with Gasteiger partial charge >= 0.3 is 0 Å². The van der Waals surface area contributed by atoms with E-state index in [1.165, 1.54) is 6.07 Å². The predicted octanol–water partition coefficient (Wildman–Crippen LogP) is -0.275.